The first kappa shape index (κ1) is 27.4. The van der Waals surface area contributed by atoms with E-state index in [9.17, 15) is 0 Å². The van der Waals surface area contributed by atoms with Gasteiger partial charge in [-0.05, 0) is 72.2 Å². The Morgan fingerprint density at radius 2 is 1.38 bits per heavy atom. The van der Waals surface area contributed by atoms with Crippen LogP contribution < -0.4 is 0 Å². The zero-order chi connectivity index (χ0) is 25.9. The van der Waals surface area contributed by atoms with Crippen LogP contribution >= 0.6 is 0 Å². The van der Waals surface area contributed by atoms with E-state index in [1.807, 2.05) is 18.2 Å². The van der Waals surface area contributed by atoms with Gasteiger partial charge in [-0.2, -0.15) is 0 Å². The zero-order valence-corrected chi connectivity index (χ0v) is 23.1. The van der Waals surface area contributed by atoms with E-state index in [4.69, 9.17) is 0 Å². The van der Waals surface area contributed by atoms with Crippen LogP contribution in [0.2, 0.25) is 0 Å². The highest BCUT2D eigenvalue weighted by Gasteiger charge is 2.20. The predicted molar refractivity (Wildman–Crippen MR) is 157 cm³/mol. The number of rotatable bonds is 11. The van der Waals surface area contributed by atoms with Gasteiger partial charge < -0.3 is 0 Å². The molecule has 0 nitrogen and oxygen atoms in total. The molecule has 0 bridgehead atoms. The number of hydrogen-bond donors (Lipinski definition) is 0. The molecular formula is C36H45F. The van der Waals surface area contributed by atoms with E-state index >= 15 is 4.39 Å². The highest BCUT2D eigenvalue weighted by atomic mass is 19.1. The summed E-state index contributed by atoms with van der Waals surface area (Å²) in [6.07, 6.45) is 18.3. The summed E-state index contributed by atoms with van der Waals surface area (Å²) in [4.78, 5) is 0. The molecule has 196 valence electrons. The molecule has 0 unspecified atom stereocenters. The van der Waals surface area contributed by atoms with Crippen LogP contribution in [0.3, 0.4) is 0 Å². The lowest BCUT2D eigenvalue weighted by atomic mass is 9.78. The highest BCUT2D eigenvalue weighted by Crippen LogP contribution is 2.34. The Kier molecular flexibility index (Phi) is 10.7. The second kappa shape index (κ2) is 14.4. The minimum atomic E-state index is -0.200. The maximum Gasteiger partial charge on any atom is 0.146 e. The summed E-state index contributed by atoms with van der Waals surface area (Å²) >= 11 is 0. The van der Waals surface area contributed by atoms with Crippen LogP contribution in [0, 0.1) is 29.5 Å². The van der Waals surface area contributed by atoms with Gasteiger partial charge in [0.2, 0.25) is 0 Å². The molecule has 1 saturated carbocycles. The highest BCUT2D eigenvalue weighted by molar-refractivity contribution is 5.85. The first-order chi connectivity index (χ1) is 18.2. The molecule has 0 spiro atoms. The van der Waals surface area contributed by atoms with Crippen molar-refractivity contribution in [3.8, 4) is 11.8 Å². The Morgan fingerprint density at radius 1 is 0.676 bits per heavy atom. The van der Waals surface area contributed by atoms with E-state index in [2.05, 4.69) is 62.1 Å². The molecule has 1 aliphatic carbocycles. The summed E-state index contributed by atoms with van der Waals surface area (Å²) in [6.45, 7) is 4.56. The van der Waals surface area contributed by atoms with E-state index in [0.717, 1.165) is 35.6 Å². The fourth-order valence-corrected chi connectivity index (χ4v) is 6.01. The van der Waals surface area contributed by atoms with Gasteiger partial charge >= 0.3 is 0 Å². The molecule has 0 atom stereocenters. The molecule has 4 rings (SSSR count). The lowest BCUT2D eigenvalue weighted by Crippen LogP contribution is -2.15. The van der Waals surface area contributed by atoms with Crippen LogP contribution in [0.5, 0.6) is 0 Å². The normalized spacial score (nSPS) is 17.5. The summed E-state index contributed by atoms with van der Waals surface area (Å²) in [5, 5.41) is 1.66. The van der Waals surface area contributed by atoms with Crippen LogP contribution in [0.15, 0.2) is 54.6 Å². The molecule has 3 aromatic rings. The molecule has 0 heterocycles. The van der Waals surface area contributed by atoms with Crippen molar-refractivity contribution in [2.75, 3.05) is 0 Å². The van der Waals surface area contributed by atoms with E-state index in [1.54, 1.807) is 0 Å². The maximum atomic E-state index is 15.3. The van der Waals surface area contributed by atoms with E-state index in [0.29, 0.717) is 10.9 Å². The van der Waals surface area contributed by atoms with E-state index in [-0.39, 0.29) is 5.82 Å². The smallest absolute Gasteiger partial charge is 0.146 e. The largest absolute Gasteiger partial charge is 0.205 e. The Balaban J connectivity index is 1.33. The SMILES string of the molecule is CCCCCCCc1ccc(C#Cc2ccc3cc(CCC4CCC(CCC)CC4)ccc3c2F)cc1. The average Bonchev–Trinajstić information content (AvgIpc) is 2.93. The summed E-state index contributed by atoms with van der Waals surface area (Å²) in [6, 6.07) is 18.6. The topological polar surface area (TPSA) is 0 Å². The third-order valence-electron chi connectivity index (χ3n) is 8.39. The number of hydrogen-bond acceptors (Lipinski definition) is 0. The van der Waals surface area contributed by atoms with Crippen LogP contribution in [-0.2, 0) is 12.8 Å². The van der Waals surface area contributed by atoms with Gasteiger partial charge in [-0.1, -0.05) is 126 Å². The Labute approximate surface area is 225 Å². The number of benzene rings is 3. The number of fused-ring (bicyclic) bond motifs is 1. The van der Waals surface area contributed by atoms with Crippen molar-refractivity contribution in [3.05, 3.63) is 82.7 Å². The molecule has 0 radical (unpaired) electrons. The molecular weight excluding hydrogens is 451 g/mol. The van der Waals surface area contributed by atoms with Gasteiger partial charge in [-0.3, -0.25) is 0 Å². The standard InChI is InChI=1S/C36H45F/c1-3-5-6-7-8-10-29-13-17-31(18-14-29)21-23-33-24-25-34-27-32(22-26-35(34)36(33)37)20-19-30-15-11-28(9-4-2)12-16-30/h13-14,17-18,22,24-28,30H,3-12,15-16,19-20H2,1-2H3. The van der Waals surface area contributed by atoms with Gasteiger partial charge in [0.25, 0.3) is 0 Å². The second-order valence-electron chi connectivity index (χ2n) is 11.3. The molecule has 3 aromatic carbocycles. The summed E-state index contributed by atoms with van der Waals surface area (Å²) in [5.41, 5.74) is 4.10. The summed E-state index contributed by atoms with van der Waals surface area (Å²) in [5.74, 6) is 7.87. The second-order valence-corrected chi connectivity index (χ2v) is 11.3. The van der Waals surface area contributed by atoms with Crippen molar-refractivity contribution in [1.29, 1.82) is 0 Å². The lowest BCUT2D eigenvalue weighted by Gasteiger charge is -2.28. The van der Waals surface area contributed by atoms with Crippen molar-refractivity contribution >= 4 is 10.8 Å². The van der Waals surface area contributed by atoms with Crippen LogP contribution in [0.25, 0.3) is 10.8 Å². The number of unbranched alkanes of at least 4 members (excludes halogenated alkanes) is 4. The van der Waals surface area contributed by atoms with Crippen molar-refractivity contribution < 1.29 is 4.39 Å². The van der Waals surface area contributed by atoms with Crippen molar-refractivity contribution in [2.45, 2.75) is 104 Å². The van der Waals surface area contributed by atoms with Gasteiger partial charge in [-0.15, -0.1) is 0 Å². The molecule has 0 N–H and O–H groups in total. The van der Waals surface area contributed by atoms with Gasteiger partial charge in [0.05, 0.1) is 5.56 Å². The van der Waals surface area contributed by atoms with Crippen LogP contribution in [-0.4, -0.2) is 0 Å². The molecule has 1 heteroatoms. The first-order valence-corrected chi connectivity index (χ1v) is 15.0. The molecule has 0 aliphatic heterocycles. The van der Waals surface area contributed by atoms with Crippen LogP contribution in [0.1, 0.15) is 113 Å². The minimum absolute atomic E-state index is 0.200. The molecule has 0 saturated heterocycles. The van der Waals surface area contributed by atoms with Gasteiger partial charge in [0.15, 0.2) is 0 Å². The monoisotopic (exact) mass is 496 g/mol. The Morgan fingerprint density at radius 3 is 2.11 bits per heavy atom. The third kappa shape index (κ3) is 8.20. The summed E-state index contributed by atoms with van der Waals surface area (Å²) < 4.78 is 15.3. The van der Waals surface area contributed by atoms with E-state index in [1.165, 1.54) is 88.2 Å². The number of aryl methyl sites for hydroxylation is 2. The van der Waals surface area contributed by atoms with Crippen molar-refractivity contribution in [2.24, 2.45) is 11.8 Å². The molecule has 0 amide bonds. The fraction of sp³-hybridized carbons (Fsp3) is 0.500. The molecule has 0 aromatic heterocycles. The third-order valence-corrected chi connectivity index (χ3v) is 8.39. The molecule has 1 aliphatic rings. The Hall–Kier alpha value is -2.59. The quantitative estimate of drug-likeness (QED) is 0.183. The molecule has 1 fully saturated rings. The van der Waals surface area contributed by atoms with Gasteiger partial charge in [0, 0.05) is 10.9 Å². The van der Waals surface area contributed by atoms with Gasteiger partial charge in [-0.25, -0.2) is 4.39 Å². The maximum absolute atomic E-state index is 15.3. The van der Waals surface area contributed by atoms with Crippen molar-refractivity contribution in [1.82, 2.24) is 0 Å². The first-order valence-electron chi connectivity index (χ1n) is 15.0. The van der Waals surface area contributed by atoms with Crippen LogP contribution in [0.4, 0.5) is 4.39 Å². The zero-order valence-electron chi connectivity index (χ0n) is 23.1. The minimum Gasteiger partial charge on any atom is -0.205 e. The van der Waals surface area contributed by atoms with Crippen molar-refractivity contribution in [3.63, 3.8) is 0 Å². The van der Waals surface area contributed by atoms with E-state index < -0.39 is 0 Å². The lowest BCUT2D eigenvalue weighted by molar-refractivity contribution is 0.252. The fourth-order valence-electron chi connectivity index (χ4n) is 6.01. The Bertz CT molecular complexity index is 1170. The number of halogens is 1. The predicted octanol–water partition coefficient (Wildman–Crippen LogP) is 10.4. The average molecular weight is 497 g/mol. The van der Waals surface area contributed by atoms with Gasteiger partial charge in [0.1, 0.15) is 5.82 Å². The summed E-state index contributed by atoms with van der Waals surface area (Å²) in [7, 11) is 0. The molecule has 37 heavy (non-hydrogen) atoms.